The third-order valence-electron chi connectivity index (χ3n) is 6.25. The maximum atomic E-state index is 13.5. The summed E-state index contributed by atoms with van der Waals surface area (Å²) in [5, 5.41) is 11.7. The maximum absolute atomic E-state index is 13.5. The highest BCUT2D eigenvalue weighted by Gasteiger charge is 2.48. The van der Waals surface area contributed by atoms with E-state index in [9.17, 15) is 14.7 Å². The van der Waals surface area contributed by atoms with Crippen LogP contribution < -0.4 is 19.1 Å². The molecule has 0 saturated carbocycles. The average Bonchev–Trinajstić information content (AvgIpc) is 3.45. The summed E-state index contributed by atoms with van der Waals surface area (Å²) in [4.78, 5) is 33.0. The molecule has 8 nitrogen and oxygen atoms in total. The number of thiazole rings is 1. The van der Waals surface area contributed by atoms with Crippen LogP contribution >= 0.6 is 11.3 Å². The Bertz CT molecular complexity index is 1570. The van der Waals surface area contributed by atoms with Crippen molar-refractivity contribution in [2.24, 2.45) is 0 Å². The van der Waals surface area contributed by atoms with Gasteiger partial charge in [-0.25, -0.2) is 4.98 Å². The number of Topliss-reactive ketones (excluding diaryl/α,β-unsaturated/α-hetero) is 1. The average molecular weight is 517 g/mol. The number of nitrogens with zero attached hydrogens (tertiary/aromatic N) is 2. The quantitative estimate of drug-likeness (QED) is 0.212. The second-order valence-electron chi connectivity index (χ2n) is 8.48. The summed E-state index contributed by atoms with van der Waals surface area (Å²) in [6, 6.07) is 16.7. The van der Waals surface area contributed by atoms with Gasteiger partial charge >= 0.3 is 5.91 Å². The first kappa shape index (κ1) is 24.3. The number of aliphatic hydroxyl groups excluding tert-OH is 1. The zero-order chi connectivity index (χ0) is 26.3. The fourth-order valence-electron chi connectivity index (χ4n) is 4.42. The lowest BCUT2D eigenvalue weighted by Gasteiger charge is -2.23. The van der Waals surface area contributed by atoms with E-state index in [0.717, 1.165) is 10.3 Å². The lowest BCUT2D eigenvalue weighted by atomic mass is 9.95. The van der Waals surface area contributed by atoms with E-state index in [1.807, 2.05) is 25.1 Å². The van der Waals surface area contributed by atoms with Gasteiger partial charge in [0.05, 0.1) is 43.2 Å². The van der Waals surface area contributed by atoms with Crippen LogP contribution in [0.25, 0.3) is 16.0 Å². The molecule has 1 N–H and O–H groups in total. The number of fused-ring (bicyclic) bond motifs is 1. The van der Waals surface area contributed by atoms with Crippen molar-refractivity contribution in [1.82, 2.24) is 4.98 Å². The van der Waals surface area contributed by atoms with Gasteiger partial charge in [-0.2, -0.15) is 0 Å². The number of anilines is 1. The van der Waals surface area contributed by atoms with Gasteiger partial charge in [-0.15, -0.1) is 0 Å². The monoisotopic (exact) mass is 516 g/mol. The molecule has 3 aromatic carbocycles. The summed E-state index contributed by atoms with van der Waals surface area (Å²) < 4.78 is 17.0. The predicted molar refractivity (Wildman–Crippen MR) is 142 cm³/mol. The van der Waals surface area contributed by atoms with Crippen LogP contribution in [0.1, 0.15) is 22.7 Å². The van der Waals surface area contributed by atoms with Gasteiger partial charge < -0.3 is 19.3 Å². The molecule has 1 atom stereocenters. The van der Waals surface area contributed by atoms with E-state index in [2.05, 4.69) is 4.98 Å². The van der Waals surface area contributed by atoms with Crippen LogP contribution in [0.2, 0.25) is 0 Å². The first-order chi connectivity index (χ1) is 17.9. The Hall–Kier alpha value is -4.37. The Labute approximate surface area is 217 Å². The van der Waals surface area contributed by atoms with Crippen molar-refractivity contribution >= 4 is 44.1 Å². The van der Waals surface area contributed by atoms with E-state index < -0.39 is 17.7 Å². The Morgan fingerprint density at radius 1 is 0.946 bits per heavy atom. The van der Waals surface area contributed by atoms with E-state index in [-0.39, 0.29) is 11.3 Å². The summed E-state index contributed by atoms with van der Waals surface area (Å²) in [5.74, 6) is -0.479. The first-order valence-corrected chi connectivity index (χ1v) is 12.2. The van der Waals surface area contributed by atoms with Crippen molar-refractivity contribution in [1.29, 1.82) is 0 Å². The summed E-state index contributed by atoms with van der Waals surface area (Å²) in [5.41, 5.74) is 2.62. The Kier molecular flexibility index (Phi) is 6.31. The van der Waals surface area contributed by atoms with Crippen LogP contribution in [0.3, 0.4) is 0 Å². The number of amides is 1. The number of ketones is 1. The predicted octanol–water partition coefficient (Wildman–Crippen LogP) is 5.26. The molecule has 1 amide bonds. The Balaban J connectivity index is 1.75. The molecule has 37 heavy (non-hydrogen) atoms. The van der Waals surface area contributed by atoms with E-state index in [0.29, 0.717) is 39.0 Å². The minimum atomic E-state index is -0.951. The molecule has 1 fully saturated rings. The second kappa shape index (κ2) is 9.59. The topological polar surface area (TPSA) is 98.2 Å². The minimum absolute atomic E-state index is 0.0547. The number of ether oxygens (including phenoxy) is 3. The van der Waals surface area contributed by atoms with E-state index >= 15 is 0 Å². The maximum Gasteiger partial charge on any atom is 0.301 e. The molecule has 1 aromatic heterocycles. The third kappa shape index (κ3) is 4.17. The molecule has 1 unspecified atom stereocenters. The van der Waals surface area contributed by atoms with Crippen LogP contribution in [0.4, 0.5) is 5.13 Å². The number of aromatic nitrogens is 1. The van der Waals surface area contributed by atoms with Gasteiger partial charge in [0, 0.05) is 5.56 Å². The molecule has 0 bridgehead atoms. The standard InChI is InChI=1S/C28H24N2O6S/c1-15-8-10-19-22(12-15)37-28(29-19)30-24(16-9-11-20(35-3)21(14-16)36-4)23(26(32)27(30)33)25(31)17-6-5-7-18(13-17)34-2/h5-14,24,31H,1-4H3/b25-23+. The number of benzene rings is 3. The largest absolute Gasteiger partial charge is 0.507 e. The molecule has 1 aliphatic heterocycles. The molecular weight excluding hydrogens is 492 g/mol. The van der Waals surface area contributed by atoms with Gasteiger partial charge in [0.1, 0.15) is 11.5 Å². The van der Waals surface area contributed by atoms with Gasteiger partial charge in [0.2, 0.25) is 0 Å². The number of hydrogen-bond acceptors (Lipinski definition) is 8. The molecule has 9 heteroatoms. The van der Waals surface area contributed by atoms with Crippen LogP contribution in [0, 0.1) is 6.92 Å². The highest BCUT2D eigenvalue weighted by molar-refractivity contribution is 7.22. The summed E-state index contributed by atoms with van der Waals surface area (Å²) >= 11 is 1.31. The molecule has 0 spiro atoms. The highest BCUT2D eigenvalue weighted by atomic mass is 32.1. The molecular formula is C28H24N2O6S. The minimum Gasteiger partial charge on any atom is -0.507 e. The molecule has 4 aromatic rings. The van der Waals surface area contributed by atoms with E-state index in [1.54, 1.807) is 42.5 Å². The number of aliphatic hydroxyl groups is 1. The van der Waals surface area contributed by atoms with Crippen molar-refractivity contribution in [3.8, 4) is 17.2 Å². The van der Waals surface area contributed by atoms with E-state index in [1.165, 1.54) is 37.6 Å². The third-order valence-corrected chi connectivity index (χ3v) is 7.27. The normalized spacial score (nSPS) is 16.9. The molecule has 188 valence electrons. The van der Waals surface area contributed by atoms with Crippen molar-refractivity contribution in [3.63, 3.8) is 0 Å². The molecule has 1 aliphatic rings. The van der Waals surface area contributed by atoms with Crippen LogP contribution in [-0.2, 0) is 9.59 Å². The molecule has 0 aliphatic carbocycles. The number of carbonyl (C=O) groups excluding carboxylic acids is 2. The summed E-state index contributed by atoms with van der Waals surface area (Å²) in [6.07, 6.45) is 0. The molecule has 2 heterocycles. The zero-order valence-electron chi connectivity index (χ0n) is 20.6. The SMILES string of the molecule is COc1cccc(/C(O)=C2\C(=O)C(=O)N(c3nc4ccc(C)cc4s3)C2c2ccc(OC)c(OC)c2)c1. The van der Waals surface area contributed by atoms with Crippen molar-refractivity contribution in [2.75, 3.05) is 26.2 Å². The first-order valence-electron chi connectivity index (χ1n) is 11.4. The zero-order valence-corrected chi connectivity index (χ0v) is 21.5. The Morgan fingerprint density at radius 2 is 1.73 bits per heavy atom. The second-order valence-corrected chi connectivity index (χ2v) is 9.49. The van der Waals surface area contributed by atoms with Crippen molar-refractivity contribution in [3.05, 3.63) is 82.9 Å². The molecule has 0 radical (unpaired) electrons. The number of methoxy groups -OCH3 is 3. The van der Waals surface area contributed by atoms with Crippen LogP contribution in [0.5, 0.6) is 17.2 Å². The van der Waals surface area contributed by atoms with Crippen molar-refractivity contribution < 1.29 is 28.9 Å². The summed E-state index contributed by atoms with van der Waals surface area (Å²) in [7, 11) is 4.54. The smallest absolute Gasteiger partial charge is 0.301 e. The highest BCUT2D eigenvalue weighted by Crippen LogP contribution is 2.46. The number of carbonyl (C=O) groups is 2. The fraction of sp³-hybridized carbons (Fsp3) is 0.179. The molecule has 1 saturated heterocycles. The molecule has 5 rings (SSSR count). The van der Waals surface area contributed by atoms with Gasteiger partial charge in [-0.05, 0) is 54.4 Å². The van der Waals surface area contributed by atoms with Crippen LogP contribution in [0.15, 0.2) is 66.2 Å². The van der Waals surface area contributed by atoms with Gasteiger partial charge in [-0.1, -0.05) is 35.6 Å². The van der Waals surface area contributed by atoms with Gasteiger partial charge in [0.25, 0.3) is 5.78 Å². The number of hydrogen-bond donors (Lipinski definition) is 1. The summed E-state index contributed by atoms with van der Waals surface area (Å²) in [6.45, 7) is 1.98. The lowest BCUT2D eigenvalue weighted by Crippen LogP contribution is -2.29. The number of rotatable bonds is 6. The fourth-order valence-corrected chi connectivity index (χ4v) is 5.51. The lowest BCUT2D eigenvalue weighted by molar-refractivity contribution is -0.132. The van der Waals surface area contributed by atoms with Gasteiger partial charge in [-0.3, -0.25) is 14.5 Å². The van der Waals surface area contributed by atoms with Crippen molar-refractivity contribution in [2.45, 2.75) is 13.0 Å². The van der Waals surface area contributed by atoms with Crippen LogP contribution in [-0.4, -0.2) is 43.1 Å². The van der Waals surface area contributed by atoms with Gasteiger partial charge in [0.15, 0.2) is 16.6 Å². The Morgan fingerprint density at radius 3 is 2.46 bits per heavy atom. The number of aryl methyl sites for hydroxylation is 1. The van der Waals surface area contributed by atoms with E-state index in [4.69, 9.17) is 14.2 Å².